The molecule has 3 nitrogen and oxygen atoms in total. The summed E-state index contributed by atoms with van der Waals surface area (Å²) in [6.45, 7) is 10.2. The minimum Gasteiger partial charge on any atom is -0.344 e. The second-order valence-corrected chi connectivity index (χ2v) is 4.31. The lowest BCUT2D eigenvalue weighted by molar-refractivity contribution is 0.981. The van der Waals surface area contributed by atoms with E-state index in [4.69, 9.17) is 0 Å². The van der Waals surface area contributed by atoms with E-state index in [-0.39, 0.29) is 31.0 Å². The Hall–Kier alpha value is -1.29. The van der Waals surface area contributed by atoms with Gasteiger partial charge in [-0.15, -0.1) is 24.8 Å². The normalized spacial score (nSPS) is 8.32. The van der Waals surface area contributed by atoms with E-state index in [0.717, 1.165) is 12.8 Å². The van der Waals surface area contributed by atoms with Crippen LogP contribution in [0.15, 0.2) is 43.5 Å². The van der Waals surface area contributed by atoms with Crippen molar-refractivity contribution in [1.82, 2.24) is 15.7 Å². The van der Waals surface area contributed by atoms with Crippen molar-refractivity contribution in [3.8, 4) is 0 Å². The summed E-state index contributed by atoms with van der Waals surface area (Å²) >= 11 is 0. The maximum absolute atomic E-state index is 3.78. The molecule has 0 amide bonds. The lowest BCUT2D eigenvalue weighted by Gasteiger charge is -2.10. The fourth-order valence-electron chi connectivity index (χ4n) is 2.18. The Morgan fingerprint density at radius 3 is 1.86 bits per heavy atom. The van der Waals surface area contributed by atoms with Crippen LogP contribution in [0.3, 0.4) is 0 Å². The number of imidazole rings is 1. The molecule has 0 bridgehead atoms. The maximum Gasteiger partial charge on any atom is 0.0986 e. The van der Waals surface area contributed by atoms with Crippen LogP contribution >= 0.6 is 24.8 Å². The van der Waals surface area contributed by atoms with Gasteiger partial charge in [0.1, 0.15) is 0 Å². The van der Waals surface area contributed by atoms with Gasteiger partial charge in [-0.3, -0.25) is 0 Å². The molecule has 1 heterocycles. The molecule has 0 saturated carbocycles. The largest absolute Gasteiger partial charge is 0.344 e. The highest BCUT2D eigenvalue weighted by Crippen LogP contribution is 2.16. The smallest absolute Gasteiger partial charge is 0.0986 e. The SMILES string of the molecule is C=Cn1ccnc1.CCc1cccc(CC)c1CC.Cl.Cl.N. The van der Waals surface area contributed by atoms with Crippen LogP contribution in [0.1, 0.15) is 37.5 Å². The van der Waals surface area contributed by atoms with Crippen molar-refractivity contribution >= 4 is 31.0 Å². The monoisotopic (exact) mass is 345 g/mol. The van der Waals surface area contributed by atoms with Gasteiger partial charge in [0, 0.05) is 18.6 Å². The van der Waals surface area contributed by atoms with E-state index in [0.29, 0.717) is 0 Å². The van der Waals surface area contributed by atoms with Gasteiger partial charge in [-0.2, -0.15) is 0 Å². The van der Waals surface area contributed by atoms with Crippen molar-refractivity contribution in [2.45, 2.75) is 40.0 Å². The Labute approximate surface area is 147 Å². The number of benzene rings is 1. The predicted octanol–water partition coefficient (Wildman–Crippen LogP) is 5.36. The zero-order valence-electron chi connectivity index (χ0n) is 13.8. The van der Waals surface area contributed by atoms with Crippen LogP contribution in [0, 0.1) is 0 Å². The van der Waals surface area contributed by atoms with Gasteiger partial charge in [-0.05, 0) is 36.0 Å². The molecule has 2 aromatic rings. The van der Waals surface area contributed by atoms with Crippen LogP contribution < -0.4 is 6.15 Å². The summed E-state index contributed by atoms with van der Waals surface area (Å²) < 4.78 is 1.78. The average Bonchev–Trinajstić information content (AvgIpc) is 3.00. The first-order chi connectivity index (χ1) is 9.26. The summed E-state index contributed by atoms with van der Waals surface area (Å²) in [6.07, 6.45) is 10.4. The summed E-state index contributed by atoms with van der Waals surface area (Å²) in [7, 11) is 0. The molecule has 1 aromatic carbocycles. The van der Waals surface area contributed by atoms with E-state index >= 15 is 0 Å². The fourth-order valence-corrected chi connectivity index (χ4v) is 2.18. The van der Waals surface area contributed by atoms with Gasteiger partial charge >= 0.3 is 0 Å². The van der Waals surface area contributed by atoms with Gasteiger partial charge < -0.3 is 10.7 Å². The summed E-state index contributed by atoms with van der Waals surface area (Å²) in [5.41, 5.74) is 4.62. The highest BCUT2D eigenvalue weighted by atomic mass is 35.5. The minimum absolute atomic E-state index is 0. The van der Waals surface area contributed by atoms with Gasteiger partial charge in [0.25, 0.3) is 0 Å². The number of rotatable bonds is 4. The third-order valence-corrected chi connectivity index (χ3v) is 3.22. The third kappa shape index (κ3) is 7.64. The fraction of sp³-hybridized carbons (Fsp3) is 0.353. The van der Waals surface area contributed by atoms with Crippen LogP contribution in [-0.4, -0.2) is 9.55 Å². The molecule has 0 radical (unpaired) electrons. The first-order valence-electron chi connectivity index (χ1n) is 6.96. The molecule has 0 aliphatic rings. The van der Waals surface area contributed by atoms with Crippen LogP contribution in [-0.2, 0) is 19.3 Å². The molecule has 126 valence electrons. The summed E-state index contributed by atoms with van der Waals surface area (Å²) in [6, 6.07) is 6.67. The van der Waals surface area contributed by atoms with Crippen molar-refractivity contribution in [2.24, 2.45) is 0 Å². The molecular formula is C17H29Cl2N3. The molecular weight excluding hydrogens is 317 g/mol. The Morgan fingerprint density at radius 2 is 1.59 bits per heavy atom. The van der Waals surface area contributed by atoms with Crippen molar-refractivity contribution in [3.63, 3.8) is 0 Å². The summed E-state index contributed by atoms with van der Waals surface area (Å²) in [5.74, 6) is 0. The highest BCUT2D eigenvalue weighted by Gasteiger charge is 2.02. The van der Waals surface area contributed by atoms with E-state index in [2.05, 4.69) is 50.5 Å². The third-order valence-electron chi connectivity index (χ3n) is 3.22. The van der Waals surface area contributed by atoms with Crippen LogP contribution in [0.2, 0.25) is 0 Å². The molecule has 0 saturated heterocycles. The van der Waals surface area contributed by atoms with Gasteiger partial charge in [0.15, 0.2) is 0 Å². The number of nitrogens with zero attached hydrogens (tertiary/aromatic N) is 2. The Morgan fingerprint density at radius 1 is 1.05 bits per heavy atom. The molecule has 3 N–H and O–H groups in total. The first kappa shape index (κ1) is 25.7. The first-order valence-corrected chi connectivity index (χ1v) is 6.96. The highest BCUT2D eigenvalue weighted by molar-refractivity contribution is 5.85. The minimum atomic E-state index is 0. The number of hydrogen-bond donors (Lipinski definition) is 1. The van der Waals surface area contributed by atoms with Crippen molar-refractivity contribution in [2.75, 3.05) is 0 Å². The molecule has 22 heavy (non-hydrogen) atoms. The molecule has 2 rings (SSSR count). The van der Waals surface area contributed by atoms with Crippen LogP contribution in [0.5, 0.6) is 0 Å². The van der Waals surface area contributed by atoms with Crippen molar-refractivity contribution in [1.29, 1.82) is 0 Å². The van der Waals surface area contributed by atoms with E-state index < -0.39 is 0 Å². The van der Waals surface area contributed by atoms with Gasteiger partial charge in [-0.25, -0.2) is 4.98 Å². The topological polar surface area (TPSA) is 52.8 Å². The molecule has 5 heteroatoms. The van der Waals surface area contributed by atoms with Crippen molar-refractivity contribution < 1.29 is 0 Å². The second kappa shape index (κ2) is 14.6. The number of hydrogen-bond acceptors (Lipinski definition) is 2. The van der Waals surface area contributed by atoms with Gasteiger partial charge in [-0.1, -0.05) is 45.5 Å². The Kier molecular flexibility index (Phi) is 17.1. The summed E-state index contributed by atoms with van der Waals surface area (Å²) in [4.78, 5) is 3.78. The van der Waals surface area contributed by atoms with E-state index in [1.165, 1.54) is 17.5 Å². The lowest BCUT2D eigenvalue weighted by atomic mass is 9.96. The molecule has 0 aliphatic heterocycles. The maximum atomic E-state index is 3.78. The van der Waals surface area contributed by atoms with E-state index in [1.807, 2.05) is 6.20 Å². The van der Waals surface area contributed by atoms with E-state index in [9.17, 15) is 0 Å². The quantitative estimate of drug-likeness (QED) is 0.810. The molecule has 0 fully saturated rings. The predicted molar refractivity (Wildman–Crippen MR) is 103 cm³/mol. The number of aryl methyl sites for hydroxylation is 2. The standard InChI is InChI=1S/C12H18.C5H6N2.2ClH.H3N/c1-4-10-8-7-9-11(5-2)12(10)6-3;1-2-7-4-3-6-5-7;;;/h7-9H,4-6H2,1-3H3;2-5H,1H2;2*1H;1H3. The van der Waals surface area contributed by atoms with Gasteiger partial charge in [0.2, 0.25) is 0 Å². The average molecular weight is 346 g/mol. The molecule has 0 atom stereocenters. The molecule has 1 aromatic heterocycles. The second-order valence-electron chi connectivity index (χ2n) is 4.31. The molecule has 0 spiro atoms. The molecule has 0 aliphatic carbocycles. The zero-order valence-corrected chi connectivity index (χ0v) is 15.4. The summed E-state index contributed by atoms with van der Waals surface area (Å²) in [5, 5.41) is 0. The Bertz CT molecular complexity index is 474. The Balaban J connectivity index is -0.000000317. The van der Waals surface area contributed by atoms with Crippen LogP contribution in [0.25, 0.3) is 6.20 Å². The zero-order chi connectivity index (χ0) is 14.1. The van der Waals surface area contributed by atoms with Crippen molar-refractivity contribution in [3.05, 3.63) is 60.2 Å². The van der Waals surface area contributed by atoms with Crippen LogP contribution in [0.4, 0.5) is 0 Å². The lowest BCUT2D eigenvalue weighted by Crippen LogP contribution is -1.96. The number of aromatic nitrogens is 2. The molecule has 0 unspecified atom stereocenters. The number of halogens is 2. The van der Waals surface area contributed by atoms with E-state index in [1.54, 1.807) is 28.9 Å². The van der Waals surface area contributed by atoms with Gasteiger partial charge in [0.05, 0.1) is 6.33 Å².